The summed E-state index contributed by atoms with van der Waals surface area (Å²) in [6.07, 6.45) is 1.68. The summed E-state index contributed by atoms with van der Waals surface area (Å²) in [6.45, 7) is 4.09. The molecule has 0 radical (unpaired) electrons. The summed E-state index contributed by atoms with van der Waals surface area (Å²) < 4.78 is 5.84. The van der Waals surface area contributed by atoms with E-state index in [4.69, 9.17) is 14.4 Å². The first-order valence-corrected chi connectivity index (χ1v) is 9.15. The summed E-state index contributed by atoms with van der Waals surface area (Å²) >= 11 is 1.42. The Balaban J connectivity index is 1.88. The third kappa shape index (κ3) is 4.19. The van der Waals surface area contributed by atoms with Gasteiger partial charge < -0.3 is 9.57 Å². The second-order valence-corrected chi connectivity index (χ2v) is 6.66. The number of aromatic nitrogens is 1. The molecule has 3 rings (SSSR count). The molecule has 0 atom stereocenters. The third-order valence-electron chi connectivity index (χ3n) is 3.86. The van der Waals surface area contributed by atoms with Gasteiger partial charge in [-0.15, -0.1) is 11.3 Å². The summed E-state index contributed by atoms with van der Waals surface area (Å²) in [5.74, 6) is -0.583. The fourth-order valence-corrected chi connectivity index (χ4v) is 3.76. The van der Waals surface area contributed by atoms with Gasteiger partial charge in [0.1, 0.15) is 13.7 Å². The van der Waals surface area contributed by atoms with Gasteiger partial charge in [0.25, 0.3) is 0 Å². The lowest BCUT2D eigenvalue weighted by Gasteiger charge is -2.10. The summed E-state index contributed by atoms with van der Waals surface area (Å²) in [6, 6.07) is 13.3. The molecule has 0 saturated heterocycles. The van der Waals surface area contributed by atoms with Crippen molar-refractivity contribution in [2.75, 3.05) is 14.2 Å². The average Bonchev–Trinajstić information content (AvgIpc) is 3.10. The van der Waals surface area contributed by atoms with Gasteiger partial charge in [-0.05, 0) is 23.6 Å². The van der Waals surface area contributed by atoms with E-state index in [2.05, 4.69) is 22.2 Å². The highest BCUT2D eigenvalue weighted by molar-refractivity contribution is 7.21. The number of esters is 1. The van der Waals surface area contributed by atoms with Crippen molar-refractivity contribution >= 4 is 38.8 Å². The monoisotopic (exact) mass is 397 g/mol. The van der Waals surface area contributed by atoms with Crippen molar-refractivity contribution in [3.05, 3.63) is 71.4 Å². The molecular weight excluding hydrogens is 378 g/mol. The fraction of sp³-hybridized carbons (Fsp3) is 0.150. The van der Waals surface area contributed by atoms with Crippen LogP contribution in [-0.2, 0) is 25.8 Å². The summed E-state index contributed by atoms with van der Waals surface area (Å²) in [5.41, 5.74) is 4.89. The van der Waals surface area contributed by atoms with Crippen LogP contribution in [0, 0.1) is 0 Å². The van der Waals surface area contributed by atoms with E-state index in [1.165, 1.54) is 25.6 Å². The van der Waals surface area contributed by atoms with Crippen molar-refractivity contribution in [1.29, 1.82) is 0 Å². The molecule has 8 heteroatoms. The lowest BCUT2D eigenvalue weighted by molar-refractivity contribution is -0.132. The summed E-state index contributed by atoms with van der Waals surface area (Å²) in [4.78, 5) is 27.5. The van der Waals surface area contributed by atoms with Crippen molar-refractivity contribution in [2.45, 2.75) is 6.61 Å². The number of ether oxygens (including phenoxy) is 1. The number of nitrogens with one attached hydrogen (secondary N) is 1. The van der Waals surface area contributed by atoms with Crippen LogP contribution in [0.1, 0.15) is 16.1 Å². The standard InChI is InChI=1S/C20H19N3O4S/c1-13(16-9-6-7-11-21-16)22-27-12-15-14-8-4-5-10-17(14)28-19(15)18(23-26-3)20(24)25-2/h4-11,22H,1,12H2,2-3H3. The van der Waals surface area contributed by atoms with E-state index in [-0.39, 0.29) is 12.3 Å². The number of hydrogen-bond acceptors (Lipinski definition) is 8. The van der Waals surface area contributed by atoms with E-state index in [0.717, 1.165) is 15.6 Å². The Kier molecular flexibility index (Phi) is 6.36. The number of hydrogen-bond donors (Lipinski definition) is 1. The molecule has 0 saturated carbocycles. The summed E-state index contributed by atoms with van der Waals surface area (Å²) in [5, 5.41) is 4.82. The molecule has 0 fully saturated rings. The van der Waals surface area contributed by atoms with Crippen molar-refractivity contribution in [3.8, 4) is 0 Å². The molecule has 0 bridgehead atoms. The number of fused-ring (bicyclic) bond motifs is 1. The zero-order valence-corrected chi connectivity index (χ0v) is 16.3. The highest BCUT2D eigenvalue weighted by atomic mass is 32.1. The molecule has 0 spiro atoms. The highest BCUT2D eigenvalue weighted by Crippen LogP contribution is 2.32. The maximum Gasteiger partial charge on any atom is 0.361 e. The number of rotatable bonds is 8. The second-order valence-electron chi connectivity index (χ2n) is 5.60. The third-order valence-corrected chi connectivity index (χ3v) is 5.08. The number of hydroxylamine groups is 1. The quantitative estimate of drug-likeness (QED) is 0.356. The van der Waals surface area contributed by atoms with Crippen molar-refractivity contribution in [3.63, 3.8) is 0 Å². The van der Waals surface area contributed by atoms with Gasteiger partial charge in [-0.3, -0.25) is 15.3 Å². The number of oxime groups is 1. The number of thiophene rings is 1. The lowest BCUT2D eigenvalue weighted by Crippen LogP contribution is -2.19. The Morgan fingerprint density at radius 2 is 2.00 bits per heavy atom. The minimum absolute atomic E-state index is 0.0911. The molecule has 144 valence electrons. The SMILES string of the molecule is C=C(NOCc1c(C(=NOC)C(=O)OC)sc2ccccc12)c1ccccn1. The molecule has 0 aliphatic rings. The molecule has 1 aromatic carbocycles. The maximum absolute atomic E-state index is 12.2. The Hall–Kier alpha value is -3.23. The lowest BCUT2D eigenvalue weighted by atomic mass is 10.1. The largest absolute Gasteiger partial charge is 0.464 e. The van der Waals surface area contributed by atoms with E-state index in [1.54, 1.807) is 6.20 Å². The van der Waals surface area contributed by atoms with Gasteiger partial charge in [-0.25, -0.2) is 4.79 Å². The molecule has 7 nitrogen and oxygen atoms in total. The van der Waals surface area contributed by atoms with Crippen molar-refractivity contribution in [1.82, 2.24) is 10.5 Å². The molecule has 0 unspecified atom stereocenters. The minimum atomic E-state index is -0.583. The molecule has 2 heterocycles. The Labute approximate surface area is 166 Å². The maximum atomic E-state index is 12.2. The molecule has 2 aromatic heterocycles. The number of carbonyl (C=O) groups is 1. The molecule has 0 amide bonds. The van der Waals surface area contributed by atoms with Crippen LogP contribution in [0.4, 0.5) is 0 Å². The Morgan fingerprint density at radius 1 is 1.21 bits per heavy atom. The normalized spacial score (nSPS) is 11.3. The zero-order chi connectivity index (χ0) is 19.9. The van der Waals surface area contributed by atoms with Gasteiger partial charge >= 0.3 is 5.97 Å². The number of pyridine rings is 1. The predicted octanol–water partition coefficient (Wildman–Crippen LogP) is 3.51. The van der Waals surface area contributed by atoms with Crippen LogP contribution in [0.25, 0.3) is 15.8 Å². The topological polar surface area (TPSA) is 82.0 Å². The fourth-order valence-electron chi connectivity index (χ4n) is 2.58. The van der Waals surface area contributed by atoms with Crippen LogP contribution >= 0.6 is 11.3 Å². The van der Waals surface area contributed by atoms with Gasteiger partial charge in [0, 0.05) is 16.5 Å². The zero-order valence-electron chi connectivity index (χ0n) is 15.5. The van der Waals surface area contributed by atoms with Crippen LogP contribution in [-0.4, -0.2) is 30.9 Å². The van der Waals surface area contributed by atoms with Gasteiger partial charge in [0.15, 0.2) is 0 Å². The first-order chi connectivity index (χ1) is 13.7. The van der Waals surface area contributed by atoms with E-state index in [0.29, 0.717) is 16.3 Å². The van der Waals surface area contributed by atoms with E-state index < -0.39 is 5.97 Å². The Morgan fingerprint density at radius 3 is 2.71 bits per heavy atom. The van der Waals surface area contributed by atoms with Gasteiger partial charge in [0.05, 0.1) is 23.4 Å². The smallest absolute Gasteiger partial charge is 0.361 e. The van der Waals surface area contributed by atoms with Gasteiger partial charge in [-0.2, -0.15) is 0 Å². The predicted molar refractivity (Wildman–Crippen MR) is 109 cm³/mol. The van der Waals surface area contributed by atoms with Crippen LogP contribution in [0.15, 0.2) is 60.4 Å². The van der Waals surface area contributed by atoms with E-state index in [9.17, 15) is 4.79 Å². The van der Waals surface area contributed by atoms with Crippen LogP contribution < -0.4 is 5.48 Å². The van der Waals surface area contributed by atoms with Gasteiger partial charge in [-0.1, -0.05) is 36.0 Å². The number of methoxy groups -OCH3 is 1. The molecule has 0 aliphatic heterocycles. The number of benzene rings is 1. The first kappa shape index (κ1) is 19.5. The molecule has 28 heavy (non-hydrogen) atoms. The molecule has 3 aromatic rings. The van der Waals surface area contributed by atoms with Crippen molar-refractivity contribution < 1.29 is 19.2 Å². The van der Waals surface area contributed by atoms with Crippen LogP contribution in [0.3, 0.4) is 0 Å². The van der Waals surface area contributed by atoms with Crippen molar-refractivity contribution in [2.24, 2.45) is 5.16 Å². The van der Waals surface area contributed by atoms with E-state index in [1.807, 2.05) is 42.5 Å². The molecular formula is C20H19N3O4S. The Bertz CT molecular complexity index is 1010. The first-order valence-electron chi connectivity index (χ1n) is 8.34. The minimum Gasteiger partial charge on any atom is -0.464 e. The van der Waals surface area contributed by atoms with Crippen LogP contribution in [0.2, 0.25) is 0 Å². The molecule has 0 aliphatic carbocycles. The average molecular weight is 397 g/mol. The number of carbonyl (C=O) groups excluding carboxylic acids is 1. The van der Waals surface area contributed by atoms with E-state index >= 15 is 0 Å². The molecule has 1 N–H and O–H groups in total. The highest BCUT2D eigenvalue weighted by Gasteiger charge is 2.24. The summed E-state index contributed by atoms with van der Waals surface area (Å²) in [7, 11) is 2.68. The second kappa shape index (κ2) is 9.12. The van der Waals surface area contributed by atoms with Crippen LogP contribution in [0.5, 0.6) is 0 Å². The number of nitrogens with zero attached hydrogens (tertiary/aromatic N) is 2. The van der Waals surface area contributed by atoms with Gasteiger partial charge in [0.2, 0.25) is 5.71 Å².